The van der Waals surface area contributed by atoms with Gasteiger partial charge in [-0.15, -0.1) is 0 Å². The smallest absolute Gasteiger partial charge is 0.404 e. The zero-order valence-electron chi connectivity index (χ0n) is 8.78. The van der Waals surface area contributed by atoms with Gasteiger partial charge in [-0.25, -0.2) is 4.79 Å². The number of carbonyl (C=O) groups excluding carboxylic acids is 1. The third kappa shape index (κ3) is 4.96. The quantitative estimate of drug-likeness (QED) is 0.505. The third-order valence-corrected chi connectivity index (χ3v) is 2.30. The molecule has 0 aromatic heterocycles. The molecular weight excluding hydrogens is 198 g/mol. The molecule has 0 radical (unpaired) electrons. The van der Waals surface area contributed by atoms with E-state index >= 15 is 0 Å². The van der Waals surface area contributed by atoms with E-state index in [0.717, 1.165) is 25.9 Å². The van der Waals surface area contributed by atoms with Gasteiger partial charge in [0.15, 0.2) is 0 Å². The van der Waals surface area contributed by atoms with Crippen LogP contribution in [0.15, 0.2) is 0 Å². The van der Waals surface area contributed by atoms with Gasteiger partial charge in [0.25, 0.3) is 0 Å². The molecule has 1 aliphatic rings. The predicted molar refractivity (Wildman–Crippen MR) is 55.4 cm³/mol. The van der Waals surface area contributed by atoms with Crippen LogP contribution >= 0.6 is 0 Å². The van der Waals surface area contributed by atoms with Crippen LogP contribution in [0.25, 0.3) is 0 Å². The molecule has 1 rings (SSSR count). The van der Waals surface area contributed by atoms with Crippen molar-refractivity contribution < 1.29 is 14.3 Å². The SMILES string of the molecule is NCCNC[C@H]1CC[C@@H](COC(N)=O)O1. The Labute approximate surface area is 89.3 Å². The van der Waals surface area contributed by atoms with E-state index in [1.165, 1.54) is 0 Å². The summed E-state index contributed by atoms with van der Waals surface area (Å²) in [5.74, 6) is 0. The monoisotopic (exact) mass is 217 g/mol. The van der Waals surface area contributed by atoms with E-state index in [1.807, 2.05) is 0 Å². The van der Waals surface area contributed by atoms with Gasteiger partial charge < -0.3 is 26.3 Å². The molecule has 6 nitrogen and oxygen atoms in total. The molecule has 0 bridgehead atoms. The van der Waals surface area contributed by atoms with Crippen LogP contribution in [0.3, 0.4) is 0 Å². The van der Waals surface area contributed by atoms with Crippen molar-refractivity contribution in [3.05, 3.63) is 0 Å². The number of rotatable bonds is 6. The van der Waals surface area contributed by atoms with Gasteiger partial charge in [0.1, 0.15) is 6.61 Å². The summed E-state index contributed by atoms with van der Waals surface area (Å²) >= 11 is 0. The molecule has 0 spiro atoms. The lowest BCUT2D eigenvalue weighted by Gasteiger charge is -2.13. The summed E-state index contributed by atoms with van der Waals surface area (Å²) in [5, 5.41) is 3.18. The third-order valence-electron chi connectivity index (χ3n) is 2.30. The number of nitrogens with one attached hydrogen (secondary N) is 1. The molecule has 0 aromatic rings. The average Bonchev–Trinajstić information content (AvgIpc) is 2.63. The van der Waals surface area contributed by atoms with Gasteiger partial charge >= 0.3 is 6.09 Å². The molecule has 2 atom stereocenters. The number of nitrogens with two attached hydrogens (primary N) is 2. The van der Waals surface area contributed by atoms with Crippen molar-refractivity contribution >= 4 is 6.09 Å². The fourth-order valence-electron chi connectivity index (χ4n) is 1.59. The Balaban J connectivity index is 2.07. The van der Waals surface area contributed by atoms with Crippen molar-refractivity contribution in [2.24, 2.45) is 11.5 Å². The van der Waals surface area contributed by atoms with Crippen LogP contribution in [0.5, 0.6) is 0 Å². The summed E-state index contributed by atoms with van der Waals surface area (Å²) in [6.45, 7) is 2.47. The molecule has 1 fully saturated rings. The van der Waals surface area contributed by atoms with Crippen LogP contribution in [0.1, 0.15) is 12.8 Å². The van der Waals surface area contributed by atoms with Crippen molar-refractivity contribution in [2.45, 2.75) is 25.0 Å². The fraction of sp³-hybridized carbons (Fsp3) is 0.889. The first-order chi connectivity index (χ1) is 7.22. The van der Waals surface area contributed by atoms with Crippen LogP contribution in [0.4, 0.5) is 4.79 Å². The lowest BCUT2D eigenvalue weighted by Crippen LogP contribution is -2.31. The minimum absolute atomic E-state index is 0.0119. The van der Waals surface area contributed by atoms with Crippen molar-refractivity contribution in [1.29, 1.82) is 0 Å². The molecule has 1 saturated heterocycles. The Kier molecular flexibility index (Phi) is 5.38. The molecule has 88 valence electrons. The van der Waals surface area contributed by atoms with E-state index in [-0.39, 0.29) is 18.8 Å². The van der Waals surface area contributed by atoms with Crippen LogP contribution < -0.4 is 16.8 Å². The number of hydrogen-bond acceptors (Lipinski definition) is 5. The van der Waals surface area contributed by atoms with E-state index in [0.29, 0.717) is 6.54 Å². The fourth-order valence-corrected chi connectivity index (χ4v) is 1.59. The highest BCUT2D eigenvalue weighted by molar-refractivity contribution is 5.64. The van der Waals surface area contributed by atoms with Crippen molar-refractivity contribution in [2.75, 3.05) is 26.2 Å². The second kappa shape index (κ2) is 6.60. The molecule has 1 aliphatic heterocycles. The summed E-state index contributed by atoms with van der Waals surface area (Å²) in [4.78, 5) is 10.4. The Morgan fingerprint density at radius 1 is 1.47 bits per heavy atom. The standard InChI is InChI=1S/C9H19N3O3/c10-3-4-12-5-7-1-2-8(15-7)6-14-9(11)13/h7-8,12H,1-6,10H2,(H2,11,13)/t7-,8+/m1/s1. The predicted octanol–water partition coefficient (Wildman–Crippen LogP) is -0.822. The van der Waals surface area contributed by atoms with E-state index in [2.05, 4.69) is 10.1 Å². The van der Waals surface area contributed by atoms with Gasteiger partial charge in [0.2, 0.25) is 0 Å². The summed E-state index contributed by atoms with van der Waals surface area (Å²) in [7, 11) is 0. The highest BCUT2D eigenvalue weighted by Gasteiger charge is 2.25. The number of ether oxygens (including phenoxy) is 2. The van der Waals surface area contributed by atoms with Gasteiger partial charge in [0, 0.05) is 19.6 Å². The van der Waals surface area contributed by atoms with E-state index in [9.17, 15) is 4.79 Å². The maximum absolute atomic E-state index is 10.4. The van der Waals surface area contributed by atoms with Crippen LogP contribution in [0.2, 0.25) is 0 Å². The second-order valence-electron chi connectivity index (χ2n) is 3.58. The Morgan fingerprint density at radius 3 is 2.87 bits per heavy atom. The van der Waals surface area contributed by atoms with Crippen LogP contribution in [-0.2, 0) is 9.47 Å². The second-order valence-corrected chi connectivity index (χ2v) is 3.58. The zero-order chi connectivity index (χ0) is 11.1. The lowest BCUT2D eigenvalue weighted by atomic mass is 10.2. The normalized spacial score (nSPS) is 25.4. The van der Waals surface area contributed by atoms with E-state index in [4.69, 9.17) is 16.2 Å². The van der Waals surface area contributed by atoms with Crippen molar-refractivity contribution in [1.82, 2.24) is 5.32 Å². The Morgan fingerprint density at radius 2 is 2.20 bits per heavy atom. The van der Waals surface area contributed by atoms with Gasteiger partial charge in [-0.05, 0) is 12.8 Å². The molecule has 0 saturated carbocycles. The average molecular weight is 217 g/mol. The summed E-state index contributed by atoms with van der Waals surface area (Å²) in [5.41, 5.74) is 10.2. The van der Waals surface area contributed by atoms with E-state index in [1.54, 1.807) is 0 Å². The van der Waals surface area contributed by atoms with Gasteiger partial charge in [-0.2, -0.15) is 0 Å². The molecule has 1 heterocycles. The van der Waals surface area contributed by atoms with Gasteiger partial charge in [0.05, 0.1) is 12.2 Å². The largest absolute Gasteiger partial charge is 0.447 e. The number of primary amides is 1. The first-order valence-corrected chi connectivity index (χ1v) is 5.21. The van der Waals surface area contributed by atoms with Gasteiger partial charge in [-0.1, -0.05) is 0 Å². The first kappa shape index (κ1) is 12.2. The maximum Gasteiger partial charge on any atom is 0.404 e. The highest BCUT2D eigenvalue weighted by atomic mass is 16.6. The van der Waals surface area contributed by atoms with Crippen molar-refractivity contribution in [3.8, 4) is 0 Å². The zero-order valence-corrected chi connectivity index (χ0v) is 8.78. The molecular formula is C9H19N3O3. The summed E-state index contributed by atoms with van der Waals surface area (Å²) in [6, 6.07) is 0. The molecule has 0 aliphatic carbocycles. The van der Waals surface area contributed by atoms with Crippen LogP contribution in [0, 0.1) is 0 Å². The molecule has 0 unspecified atom stereocenters. The minimum Gasteiger partial charge on any atom is -0.447 e. The molecule has 0 aromatic carbocycles. The summed E-state index contributed by atoms with van der Waals surface area (Å²) in [6.07, 6.45) is 1.32. The molecule has 5 N–H and O–H groups in total. The van der Waals surface area contributed by atoms with Crippen LogP contribution in [-0.4, -0.2) is 44.5 Å². The van der Waals surface area contributed by atoms with Crippen molar-refractivity contribution in [3.63, 3.8) is 0 Å². The number of carbonyl (C=O) groups is 1. The van der Waals surface area contributed by atoms with E-state index < -0.39 is 6.09 Å². The Bertz CT molecular complexity index is 201. The molecule has 1 amide bonds. The topological polar surface area (TPSA) is 99.6 Å². The minimum atomic E-state index is -0.747. The number of amides is 1. The van der Waals surface area contributed by atoms with Gasteiger partial charge in [-0.3, -0.25) is 0 Å². The first-order valence-electron chi connectivity index (χ1n) is 5.21. The molecule has 15 heavy (non-hydrogen) atoms. The lowest BCUT2D eigenvalue weighted by molar-refractivity contribution is 0.00717. The molecule has 6 heteroatoms. The number of hydrogen-bond donors (Lipinski definition) is 3. The summed E-state index contributed by atoms with van der Waals surface area (Å²) < 4.78 is 10.3. The maximum atomic E-state index is 10.4. The Hall–Kier alpha value is -0.850. The highest BCUT2D eigenvalue weighted by Crippen LogP contribution is 2.19.